The number of aliphatic hydroxyl groups is 1. The van der Waals surface area contributed by atoms with Crippen molar-refractivity contribution >= 4 is 5.91 Å². The molecular formula is C16H24FNO3. The number of ether oxygens (including phenoxy) is 1. The van der Waals surface area contributed by atoms with E-state index in [1.54, 1.807) is 25.1 Å². The van der Waals surface area contributed by atoms with E-state index in [-0.39, 0.29) is 19.1 Å². The minimum Gasteiger partial charge on any atom is -0.389 e. The number of aliphatic hydroxyl groups excluding tert-OH is 1. The molecule has 0 radical (unpaired) electrons. The van der Waals surface area contributed by atoms with E-state index in [1.807, 2.05) is 13.8 Å². The van der Waals surface area contributed by atoms with Gasteiger partial charge in [-0.2, -0.15) is 0 Å². The van der Waals surface area contributed by atoms with E-state index in [2.05, 4.69) is 5.32 Å². The number of halogens is 1. The summed E-state index contributed by atoms with van der Waals surface area (Å²) in [6.45, 7) is 6.50. The number of nitrogens with one attached hydrogen (secondary N) is 1. The fraction of sp³-hybridized carbons (Fsp3) is 0.562. The van der Waals surface area contributed by atoms with E-state index in [9.17, 15) is 14.3 Å². The molecule has 0 saturated heterocycles. The normalized spacial score (nSPS) is 14.0. The van der Waals surface area contributed by atoms with E-state index < -0.39 is 17.8 Å². The van der Waals surface area contributed by atoms with Crippen molar-refractivity contribution < 1.29 is 19.0 Å². The maximum Gasteiger partial charge on any atom is 0.227 e. The first-order valence-electron chi connectivity index (χ1n) is 7.19. The van der Waals surface area contributed by atoms with Crippen LogP contribution in [-0.2, 0) is 9.53 Å². The van der Waals surface area contributed by atoms with E-state index >= 15 is 0 Å². The Morgan fingerprint density at radius 1 is 1.29 bits per heavy atom. The Bertz CT molecular complexity index is 451. The fourth-order valence-corrected chi connectivity index (χ4v) is 1.84. The smallest absolute Gasteiger partial charge is 0.227 e. The minimum atomic E-state index is -0.763. The van der Waals surface area contributed by atoms with Gasteiger partial charge in [-0.05, 0) is 24.5 Å². The third-order valence-corrected chi connectivity index (χ3v) is 3.04. The molecule has 0 fully saturated rings. The quantitative estimate of drug-likeness (QED) is 0.772. The number of hydrogen-bond donors (Lipinski definition) is 2. The molecule has 2 N–H and O–H groups in total. The molecule has 4 nitrogen and oxygen atoms in total. The number of hydrogen-bond acceptors (Lipinski definition) is 3. The van der Waals surface area contributed by atoms with E-state index in [0.29, 0.717) is 18.1 Å². The van der Waals surface area contributed by atoms with Crippen LogP contribution in [0.15, 0.2) is 24.3 Å². The summed E-state index contributed by atoms with van der Waals surface area (Å²) in [6.07, 6.45) is -0.763. The van der Waals surface area contributed by atoms with Gasteiger partial charge in [-0.15, -0.1) is 0 Å². The van der Waals surface area contributed by atoms with Crippen LogP contribution in [0, 0.1) is 11.7 Å². The van der Waals surface area contributed by atoms with Gasteiger partial charge in [0, 0.05) is 13.2 Å². The standard InChI is InChI=1S/C16H24FNO3/c1-11(2)9-21-10-13(19)8-18-16(20)12(3)14-6-4-5-7-15(14)17/h4-7,11-13,19H,8-10H2,1-3H3,(H,18,20). The molecule has 0 saturated carbocycles. The van der Waals surface area contributed by atoms with Crippen molar-refractivity contribution in [1.29, 1.82) is 0 Å². The van der Waals surface area contributed by atoms with Crippen molar-refractivity contribution in [3.05, 3.63) is 35.6 Å². The van der Waals surface area contributed by atoms with Crippen LogP contribution in [0.2, 0.25) is 0 Å². The van der Waals surface area contributed by atoms with Gasteiger partial charge in [0.2, 0.25) is 5.91 Å². The molecule has 1 aromatic carbocycles. The van der Waals surface area contributed by atoms with Gasteiger partial charge in [0.1, 0.15) is 5.82 Å². The molecule has 1 rings (SSSR count). The summed E-state index contributed by atoms with van der Waals surface area (Å²) in [6, 6.07) is 6.19. The van der Waals surface area contributed by atoms with Crippen LogP contribution in [0.3, 0.4) is 0 Å². The summed E-state index contributed by atoms with van der Waals surface area (Å²) < 4.78 is 18.9. The van der Waals surface area contributed by atoms with Crippen molar-refractivity contribution in [1.82, 2.24) is 5.32 Å². The van der Waals surface area contributed by atoms with Gasteiger partial charge in [-0.1, -0.05) is 32.0 Å². The average Bonchev–Trinajstić information content (AvgIpc) is 2.44. The second kappa shape index (κ2) is 8.74. The molecule has 0 heterocycles. The van der Waals surface area contributed by atoms with Crippen LogP contribution in [-0.4, -0.2) is 36.9 Å². The molecule has 0 aliphatic heterocycles. The zero-order valence-corrected chi connectivity index (χ0v) is 12.8. The minimum absolute atomic E-state index is 0.0930. The highest BCUT2D eigenvalue weighted by Crippen LogP contribution is 2.18. The molecule has 1 aromatic rings. The van der Waals surface area contributed by atoms with Gasteiger partial charge in [0.25, 0.3) is 0 Å². The highest BCUT2D eigenvalue weighted by atomic mass is 19.1. The van der Waals surface area contributed by atoms with Crippen molar-refractivity contribution in [2.75, 3.05) is 19.8 Å². The number of benzene rings is 1. The highest BCUT2D eigenvalue weighted by Gasteiger charge is 2.19. The Kier molecular flexibility index (Phi) is 7.32. The second-order valence-electron chi connectivity index (χ2n) is 5.57. The lowest BCUT2D eigenvalue weighted by Crippen LogP contribution is -2.37. The van der Waals surface area contributed by atoms with Crippen molar-refractivity contribution in [3.8, 4) is 0 Å². The third-order valence-electron chi connectivity index (χ3n) is 3.04. The fourth-order valence-electron chi connectivity index (χ4n) is 1.84. The monoisotopic (exact) mass is 297 g/mol. The molecule has 0 aliphatic rings. The van der Waals surface area contributed by atoms with E-state index in [4.69, 9.17) is 4.74 Å². The van der Waals surface area contributed by atoms with Crippen LogP contribution in [0.25, 0.3) is 0 Å². The Balaban J connectivity index is 2.38. The predicted octanol–water partition coefficient (Wildman–Crippen LogP) is 2.08. The molecule has 5 heteroatoms. The SMILES string of the molecule is CC(C)COCC(O)CNC(=O)C(C)c1ccccc1F. The van der Waals surface area contributed by atoms with E-state index in [0.717, 1.165) is 0 Å². The van der Waals surface area contributed by atoms with Crippen molar-refractivity contribution in [2.24, 2.45) is 5.92 Å². The predicted molar refractivity (Wildman–Crippen MR) is 79.5 cm³/mol. The maximum atomic E-state index is 13.6. The largest absolute Gasteiger partial charge is 0.389 e. The molecule has 0 spiro atoms. The highest BCUT2D eigenvalue weighted by molar-refractivity contribution is 5.83. The molecule has 0 bridgehead atoms. The summed E-state index contributed by atoms with van der Waals surface area (Å²) in [5, 5.41) is 12.3. The first-order valence-corrected chi connectivity index (χ1v) is 7.19. The van der Waals surface area contributed by atoms with E-state index in [1.165, 1.54) is 6.07 Å². The number of carbonyl (C=O) groups excluding carboxylic acids is 1. The van der Waals surface area contributed by atoms with Crippen LogP contribution < -0.4 is 5.32 Å². The molecule has 1 amide bonds. The average molecular weight is 297 g/mol. The van der Waals surface area contributed by atoms with Gasteiger partial charge < -0.3 is 15.2 Å². The van der Waals surface area contributed by atoms with Gasteiger partial charge in [-0.3, -0.25) is 4.79 Å². The number of amides is 1. The molecule has 2 unspecified atom stereocenters. The molecule has 0 aliphatic carbocycles. The molecule has 0 aromatic heterocycles. The van der Waals surface area contributed by atoms with Crippen LogP contribution in [0.4, 0.5) is 4.39 Å². The zero-order chi connectivity index (χ0) is 15.8. The van der Waals surface area contributed by atoms with Crippen molar-refractivity contribution in [3.63, 3.8) is 0 Å². The molecule has 118 valence electrons. The second-order valence-corrected chi connectivity index (χ2v) is 5.57. The lowest BCUT2D eigenvalue weighted by molar-refractivity contribution is -0.122. The Hall–Kier alpha value is -1.46. The molecular weight excluding hydrogens is 273 g/mol. The molecule has 2 atom stereocenters. The molecule has 21 heavy (non-hydrogen) atoms. The zero-order valence-electron chi connectivity index (χ0n) is 12.8. The first-order chi connectivity index (χ1) is 9.91. The van der Waals surface area contributed by atoms with Gasteiger partial charge in [-0.25, -0.2) is 4.39 Å². The summed E-state index contributed by atoms with van der Waals surface area (Å²) in [7, 11) is 0. The summed E-state index contributed by atoms with van der Waals surface area (Å²) in [4.78, 5) is 12.0. The Morgan fingerprint density at radius 2 is 1.95 bits per heavy atom. The number of carbonyl (C=O) groups is 1. The lowest BCUT2D eigenvalue weighted by Gasteiger charge is -2.16. The Labute approximate surface area is 125 Å². The van der Waals surface area contributed by atoms with Crippen molar-refractivity contribution in [2.45, 2.75) is 32.8 Å². The van der Waals surface area contributed by atoms with Gasteiger partial charge in [0.15, 0.2) is 0 Å². The van der Waals surface area contributed by atoms with Crippen LogP contribution in [0.1, 0.15) is 32.3 Å². The van der Waals surface area contributed by atoms with Gasteiger partial charge >= 0.3 is 0 Å². The number of rotatable bonds is 8. The summed E-state index contributed by atoms with van der Waals surface area (Å²) in [5.41, 5.74) is 0.348. The van der Waals surface area contributed by atoms with Gasteiger partial charge in [0.05, 0.1) is 18.6 Å². The van der Waals surface area contributed by atoms with Crippen LogP contribution >= 0.6 is 0 Å². The topological polar surface area (TPSA) is 58.6 Å². The summed E-state index contributed by atoms with van der Waals surface area (Å²) in [5.74, 6) is -0.924. The third kappa shape index (κ3) is 6.23. The first kappa shape index (κ1) is 17.6. The summed E-state index contributed by atoms with van der Waals surface area (Å²) >= 11 is 0. The van der Waals surface area contributed by atoms with Crippen LogP contribution in [0.5, 0.6) is 0 Å². The Morgan fingerprint density at radius 3 is 2.57 bits per heavy atom. The maximum absolute atomic E-state index is 13.6. The lowest BCUT2D eigenvalue weighted by atomic mass is 10.00.